The molecule has 1 aromatic rings. The Kier molecular flexibility index (Phi) is 4.78. The Balaban J connectivity index is 1.49. The summed E-state index contributed by atoms with van der Waals surface area (Å²) < 4.78 is 5.75. The number of hydrogen-bond donors (Lipinski definition) is 0. The number of carbonyl (C=O) groups excluding carboxylic acids is 2. The Morgan fingerprint density at radius 3 is 2.40 bits per heavy atom. The molecule has 0 spiro atoms. The third-order valence-corrected chi connectivity index (χ3v) is 6.12. The van der Waals surface area contributed by atoms with E-state index in [-0.39, 0.29) is 29.8 Å². The van der Waals surface area contributed by atoms with Gasteiger partial charge in [-0.2, -0.15) is 0 Å². The van der Waals surface area contributed by atoms with Gasteiger partial charge in [0.2, 0.25) is 5.91 Å². The second-order valence-electron chi connectivity index (χ2n) is 7.71. The number of rotatable bonds is 3. The first-order valence-electron chi connectivity index (χ1n) is 9.84. The minimum atomic E-state index is -0.255. The Labute approximate surface area is 149 Å². The number of nitrogens with zero attached hydrogens (tertiary/aromatic N) is 1. The van der Waals surface area contributed by atoms with E-state index in [9.17, 15) is 9.59 Å². The third-order valence-electron chi connectivity index (χ3n) is 6.12. The van der Waals surface area contributed by atoms with Gasteiger partial charge in [-0.05, 0) is 56.6 Å². The molecule has 2 atom stereocenters. The van der Waals surface area contributed by atoms with Crippen LogP contribution in [-0.2, 0) is 20.7 Å². The molecule has 2 saturated carbocycles. The zero-order valence-electron chi connectivity index (χ0n) is 14.8. The molecule has 0 N–H and O–H groups in total. The van der Waals surface area contributed by atoms with E-state index < -0.39 is 0 Å². The lowest BCUT2D eigenvalue weighted by molar-refractivity contribution is -0.159. The SMILES string of the molecule is O=C(OC1CCCC1)[C@H]1CCCC[C@H]1C(=O)N1CCc2ccccc21. The summed E-state index contributed by atoms with van der Waals surface area (Å²) in [6.07, 6.45) is 8.89. The number of esters is 1. The van der Waals surface area contributed by atoms with E-state index in [1.165, 1.54) is 5.56 Å². The first kappa shape index (κ1) is 16.6. The van der Waals surface area contributed by atoms with Crippen LogP contribution < -0.4 is 4.90 Å². The van der Waals surface area contributed by atoms with E-state index in [0.29, 0.717) is 0 Å². The Bertz CT molecular complexity index is 650. The zero-order chi connectivity index (χ0) is 17.2. The zero-order valence-corrected chi connectivity index (χ0v) is 14.8. The van der Waals surface area contributed by atoms with Gasteiger partial charge in [-0.3, -0.25) is 9.59 Å². The van der Waals surface area contributed by atoms with Crippen molar-refractivity contribution < 1.29 is 14.3 Å². The van der Waals surface area contributed by atoms with Crippen LogP contribution in [0.25, 0.3) is 0 Å². The Morgan fingerprint density at radius 1 is 0.920 bits per heavy atom. The molecule has 2 aliphatic carbocycles. The van der Waals surface area contributed by atoms with Crippen LogP contribution >= 0.6 is 0 Å². The van der Waals surface area contributed by atoms with Crippen LogP contribution in [0.2, 0.25) is 0 Å². The van der Waals surface area contributed by atoms with Crippen molar-refractivity contribution in [3.8, 4) is 0 Å². The standard InChI is InChI=1S/C21H27NO3/c23-20(22-14-13-15-7-1-6-12-19(15)22)17-10-4-5-11-18(17)21(24)25-16-8-2-3-9-16/h1,6-7,12,16-18H,2-5,8-11,13-14H2/t17-,18+/m1/s1. The van der Waals surface area contributed by atoms with E-state index >= 15 is 0 Å². The summed E-state index contributed by atoms with van der Waals surface area (Å²) in [6.45, 7) is 0.735. The molecule has 4 heteroatoms. The predicted molar refractivity (Wildman–Crippen MR) is 96.3 cm³/mol. The molecular formula is C21H27NO3. The first-order valence-corrected chi connectivity index (χ1v) is 9.84. The number of para-hydroxylation sites is 1. The van der Waals surface area contributed by atoms with Crippen LogP contribution in [0.1, 0.15) is 56.9 Å². The summed E-state index contributed by atoms with van der Waals surface area (Å²) in [4.78, 5) is 27.9. The quantitative estimate of drug-likeness (QED) is 0.784. The largest absolute Gasteiger partial charge is 0.462 e. The van der Waals surface area contributed by atoms with Gasteiger partial charge in [0, 0.05) is 12.2 Å². The minimum absolute atomic E-state index is 0.0812. The van der Waals surface area contributed by atoms with E-state index in [2.05, 4.69) is 6.07 Å². The third kappa shape index (κ3) is 3.31. The smallest absolute Gasteiger partial charge is 0.310 e. The fourth-order valence-electron chi connectivity index (χ4n) is 4.73. The van der Waals surface area contributed by atoms with Crippen LogP contribution in [0, 0.1) is 11.8 Å². The number of hydrogen-bond acceptors (Lipinski definition) is 3. The summed E-state index contributed by atoms with van der Waals surface area (Å²) in [5.74, 6) is -0.473. The monoisotopic (exact) mass is 341 g/mol. The maximum atomic E-state index is 13.2. The summed E-state index contributed by atoms with van der Waals surface area (Å²) in [6, 6.07) is 8.12. The van der Waals surface area contributed by atoms with Crippen LogP contribution in [0.4, 0.5) is 5.69 Å². The molecule has 134 valence electrons. The second kappa shape index (κ2) is 7.19. The van der Waals surface area contributed by atoms with Crippen molar-refractivity contribution in [2.75, 3.05) is 11.4 Å². The van der Waals surface area contributed by atoms with Crippen molar-refractivity contribution in [1.29, 1.82) is 0 Å². The average molecular weight is 341 g/mol. The number of carbonyl (C=O) groups is 2. The van der Waals surface area contributed by atoms with E-state index in [1.54, 1.807) is 0 Å². The fourth-order valence-corrected chi connectivity index (χ4v) is 4.73. The normalized spacial score (nSPS) is 26.5. The van der Waals surface area contributed by atoms with Gasteiger partial charge in [-0.25, -0.2) is 0 Å². The molecular weight excluding hydrogens is 314 g/mol. The summed E-state index contributed by atoms with van der Waals surface area (Å²) >= 11 is 0. The number of anilines is 1. The average Bonchev–Trinajstić information content (AvgIpc) is 3.30. The highest BCUT2D eigenvalue weighted by Gasteiger charge is 2.41. The van der Waals surface area contributed by atoms with Gasteiger partial charge < -0.3 is 9.64 Å². The molecule has 4 nitrogen and oxygen atoms in total. The van der Waals surface area contributed by atoms with Crippen molar-refractivity contribution in [1.82, 2.24) is 0 Å². The molecule has 1 aromatic carbocycles. The molecule has 4 rings (SSSR count). The maximum absolute atomic E-state index is 13.2. The molecule has 0 bridgehead atoms. The lowest BCUT2D eigenvalue weighted by Crippen LogP contribution is -2.43. The molecule has 1 aliphatic heterocycles. The highest BCUT2D eigenvalue weighted by molar-refractivity contribution is 5.99. The van der Waals surface area contributed by atoms with Crippen LogP contribution in [0.5, 0.6) is 0 Å². The molecule has 1 heterocycles. The van der Waals surface area contributed by atoms with Crippen molar-refractivity contribution in [2.45, 2.75) is 63.9 Å². The Morgan fingerprint density at radius 2 is 1.60 bits per heavy atom. The molecule has 3 aliphatic rings. The minimum Gasteiger partial charge on any atom is -0.462 e. The summed E-state index contributed by atoms with van der Waals surface area (Å²) in [7, 11) is 0. The molecule has 0 saturated heterocycles. The highest BCUT2D eigenvalue weighted by Crippen LogP contribution is 2.37. The number of amides is 1. The topological polar surface area (TPSA) is 46.6 Å². The molecule has 0 aromatic heterocycles. The van der Waals surface area contributed by atoms with Gasteiger partial charge >= 0.3 is 5.97 Å². The molecule has 25 heavy (non-hydrogen) atoms. The van der Waals surface area contributed by atoms with Crippen LogP contribution in [0.15, 0.2) is 24.3 Å². The van der Waals surface area contributed by atoms with Crippen molar-refractivity contribution >= 4 is 17.6 Å². The molecule has 1 amide bonds. The number of benzene rings is 1. The van der Waals surface area contributed by atoms with Gasteiger partial charge in [0.1, 0.15) is 6.10 Å². The summed E-state index contributed by atoms with van der Waals surface area (Å²) in [5.41, 5.74) is 2.26. The number of ether oxygens (including phenoxy) is 1. The number of fused-ring (bicyclic) bond motifs is 1. The highest BCUT2D eigenvalue weighted by atomic mass is 16.5. The van der Waals surface area contributed by atoms with Gasteiger partial charge in [-0.1, -0.05) is 31.0 Å². The van der Waals surface area contributed by atoms with Gasteiger partial charge in [0.15, 0.2) is 0 Å². The first-order chi connectivity index (χ1) is 12.2. The second-order valence-corrected chi connectivity index (χ2v) is 7.71. The molecule has 0 radical (unpaired) electrons. The van der Waals surface area contributed by atoms with Crippen LogP contribution in [0.3, 0.4) is 0 Å². The Hall–Kier alpha value is -1.84. The maximum Gasteiger partial charge on any atom is 0.310 e. The van der Waals surface area contributed by atoms with E-state index in [1.807, 2.05) is 23.1 Å². The van der Waals surface area contributed by atoms with E-state index in [0.717, 1.165) is 70.0 Å². The van der Waals surface area contributed by atoms with Crippen molar-refractivity contribution in [2.24, 2.45) is 11.8 Å². The van der Waals surface area contributed by atoms with E-state index in [4.69, 9.17) is 4.74 Å². The van der Waals surface area contributed by atoms with Gasteiger partial charge in [0.05, 0.1) is 11.8 Å². The lowest BCUT2D eigenvalue weighted by Gasteiger charge is -2.32. The fraction of sp³-hybridized carbons (Fsp3) is 0.619. The van der Waals surface area contributed by atoms with Gasteiger partial charge in [0.25, 0.3) is 0 Å². The predicted octanol–water partition coefficient (Wildman–Crippen LogP) is 3.87. The molecule has 0 unspecified atom stereocenters. The van der Waals surface area contributed by atoms with Crippen LogP contribution in [-0.4, -0.2) is 24.5 Å². The summed E-state index contributed by atoms with van der Waals surface area (Å²) in [5, 5.41) is 0. The van der Waals surface area contributed by atoms with Crippen molar-refractivity contribution in [3.63, 3.8) is 0 Å². The molecule has 2 fully saturated rings. The van der Waals surface area contributed by atoms with Crippen molar-refractivity contribution in [3.05, 3.63) is 29.8 Å². The van der Waals surface area contributed by atoms with Gasteiger partial charge in [-0.15, -0.1) is 0 Å². The lowest BCUT2D eigenvalue weighted by atomic mass is 9.78.